The molecule has 3 N–H and O–H groups in total. The largest absolute Gasteiger partial charge is 0.394 e. The van der Waals surface area contributed by atoms with E-state index in [-0.39, 0.29) is 12.5 Å². The predicted octanol–water partition coefficient (Wildman–Crippen LogP) is 18.3. The highest BCUT2D eigenvalue weighted by atomic mass is 16.3. The van der Waals surface area contributed by atoms with Crippen molar-refractivity contribution >= 4 is 5.91 Å². The van der Waals surface area contributed by atoms with Gasteiger partial charge in [0, 0.05) is 6.42 Å². The summed E-state index contributed by atoms with van der Waals surface area (Å²) in [5.74, 6) is -0.0756. The van der Waals surface area contributed by atoms with E-state index in [1.165, 1.54) is 238 Å². The Balaban J connectivity index is 3.55. The third kappa shape index (κ3) is 49.4. The normalized spacial score (nSPS) is 13.2. The minimum atomic E-state index is -0.866. The quantitative estimate of drug-likeness (QED) is 0.0421. The maximum Gasteiger partial charge on any atom is 0.220 e. The molecule has 62 heavy (non-hydrogen) atoms. The number of carbonyl (C=O) groups excluding carboxylic acids is 1. The van der Waals surface area contributed by atoms with Gasteiger partial charge in [-0.1, -0.05) is 274 Å². The number of unbranched alkanes of at least 4 members (excludes halogenated alkanes) is 38. The first-order valence-corrected chi connectivity index (χ1v) is 27.9. The third-order valence-corrected chi connectivity index (χ3v) is 12.8. The molecule has 0 aliphatic rings. The summed E-state index contributed by atoms with van der Waals surface area (Å²) >= 11 is 0. The van der Waals surface area contributed by atoms with Crippen molar-refractivity contribution in [2.45, 2.75) is 309 Å². The zero-order valence-corrected chi connectivity index (χ0v) is 41.9. The van der Waals surface area contributed by atoms with Gasteiger partial charge in [-0.3, -0.25) is 4.79 Å². The highest BCUT2D eigenvalue weighted by molar-refractivity contribution is 5.76. The van der Waals surface area contributed by atoms with Crippen molar-refractivity contribution in [3.63, 3.8) is 0 Å². The number of amides is 1. The fourth-order valence-corrected chi connectivity index (χ4v) is 8.52. The molecule has 0 aromatic carbocycles. The summed E-state index contributed by atoms with van der Waals surface area (Å²) < 4.78 is 0. The summed E-state index contributed by atoms with van der Waals surface area (Å²) in [5, 5.41) is 23.1. The van der Waals surface area contributed by atoms with E-state index < -0.39 is 12.1 Å². The molecule has 1 amide bonds. The fourth-order valence-electron chi connectivity index (χ4n) is 8.52. The van der Waals surface area contributed by atoms with Crippen LogP contribution >= 0.6 is 0 Å². The molecule has 4 nitrogen and oxygen atoms in total. The van der Waals surface area contributed by atoms with Crippen molar-refractivity contribution in [3.05, 3.63) is 48.6 Å². The van der Waals surface area contributed by atoms with Crippen LogP contribution in [0.3, 0.4) is 0 Å². The van der Waals surface area contributed by atoms with Gasteiger partial charge < -0.3 is 15.5 Å². The van der Waals surface area contributed by atoms with Crippen LogP contribution in [0.4, 0.5) is 0 Å². The first-order valence-electron chi connectivity index (χ1n) is 27.9. The molecule has 0 rings (SSSR count). The van der Waals surface area contributed by atoms with Crippen molar-refractivity contribution in [2.75, 3.05) is 6.61 Å². The first kappa shape index (κ1) is 60.4. The van der Waals surface area contributed by atoms with Gasteiger partial charge in [-0.25, -0.2) is 0 Å². The van der Waals surface area contributed by atoms with Gasteiger partial charge in [-0.15, -0.1) is 0 Å². The Bertz CT molecular complexity index is 985. The van der Waals surface area contributed by atoms with Crippen LogP contribution in [0.2, 0.25) is 0 Å². The lowest BCUT2D eigenvalue weighted by atomic mass is 10.0. The van der Waals surface area contributed by atoms with Crippen molar-refractivity contribution in [2.24, 2.45) is 0 Å². The average molecular weight is 869 g/mol. The van der Waals surface area contributed by atoms with Gasteiger partial charge in [0.2, 0.25) is 5.91 Å². The predicted molar refractivity (Wildman–Crippen MR) is 276 cm³/mol. The fraction of sp³-hybridized carbons (Fsp3) is 0.845. The number of hydrogen-bond donors (Lipinski definition) is 3. The molecule has 364 valence electrons. The van der Waals surface area contributed by atoms with Gasteiger partial charge in [0.1, 0.15) is 0 Å². The second-order valence-electron chi connectivity index (χ2n) is 19.0. The molecule has 0 aliphatic heterocycles. The van der Waals surface area contributed by atoms with E-state index in [1.807, 2.05) is 6.08 Å². The van der Waals surface area contributed by atoms with Gasteiger partial charge in [-0.2, -0.15) is 0 Å². The Morgan fingerprint density at radius 1 is 0.387 bits per heavy atom. The van der Waals surface area contributed by atoms with Crippen molar-refractivity contribution < 1.29 is 15.0 Å². The van der Waals surface area contributed by atoms with Crippen LogP contribution in [0.15, 0.2) is 48.6 Å². The van der Waals surface area contributed by atoms with Gasteiger partial charge in [0.05, 0.1) is 18.8 Å². The highest BCUT2D eigenvalue weighted by Gasteiger charge is 2.18. The molecule has 0 radical (unpaired) electrons. The number of rotatable bonds is 51. The molecule has 2 unspecified atom stereocenters. The molecule has 4 heteroatoms. The second-order valence-corrected chi connectivity index (χ2v) is 19.0. The van der Waals surface area contributed by atoms with E-state index in [9.17, 15) is 15.0 Å². The van der Waals surface area contributed by atoms with Crippen LogP contribution in [-0.2, 0) is 4.79 Å². The minimum absolute atomic E-state index is 0.0756. The number of allylic oxidation sites excluding steroid dienone is 7. The van der Waals surface area contributed by atoms with Crippen LogP contribution < -0.4 is 5.32 Å². The standard InChI is InChI=1S/C58H109NO3/c1-3-5-7-9-11-13-15-17-19-21-23-25-27-29-31-33-35-37-39-41-43-45-47-49-51-53-57(61)56(55-60)59-58(62)54-52-50-48-46-44-42-40-38-36-34-32-30-28-26-24-22-20-18-16-14-12-10-8-6-4-2/h24,26,30,32,43,45,51,53,56-57,60-61H,3-23,25,27-29,31,33-42,44,46-50,52,54-55H2,1-2H3,(H,59,62)/b26-24-,32-30-,45-43+,53-51+. The van der Waals surface area contributed by atoms with Crippen LogP contribution in [0, 0.1) is 0 Å². The van der Waals surface area contributed by atoms with Crippen LogP contribution in [-0.4, -0.2) is 34.9 Å². The second kappa shape index (κ2) is 53.7. The molecule has 2 atom stereocenters. The smallest absolute Gasteiger partial charge is 0.220 e. The van der Waals surface area contributed by atoms with Crippen molar-refractivity contribution in [1.82, 2.24) is 5.32 Å². The van der Waals surface area contributed by atoms with Gasteiger partial charge >= 0.3 is 0 Å². The summed E-state index contributed by atoms with van der Waals surface area (Å²) in [5.41, 5.74) is 0. The lowest BCUT2D eigenvalue weighted by Crippen LogP contribution is -2.45. The lowest BCUT2D eigenvalue weighted by Gasteiger charge is -2.19. The van der Waals surface area contributed by atoms with E-state index in [0.29, 0.717) is 6.42 Å². The summed E-state index contributed by atoms with van der Waals surface area (Å²) in [4.78, 5) is 12.5. The number of nitrogens with one attached hydrogen (secondary N) is 1. The molecular weight excluding hydrogens is 759 g/mol. The maximum absolute atomic E-state index is 12.5. The Hall–Kier alpha value is -1.65. The van der Waals surface area contributed by atoms with Crippen molar-refractivity contribution in [3.8, 4) is 0 Å². The molecule has 0 fully saturated rings. The molecule has 0 aliphatic carbocycles. The monoisotopic (exact) mass is 868 g/mol. The Kier molecular flexibility index (Phi) is 52.3. The number of carbonyl (C=O) groups is 1. The molecular formula is C58H109NO3. The third-order valence-electron chi connectivity index (χ3n) is 12.8. The molecule has 0 aromatic heterocycles. The summed E-state index contributed by atoms with van der Waals surface area (Å²) in [6.45, 7) is 4.32. The van der Waals surface area contributed by atoms with Gasteiger partial charge in [-0.05, 0) is 64.2 Å². The highest BCUT2D eigenvalue weighted by Crippen LogP contribution is 2.16. The molecule has 0 saturated carbocycles. The lowest BCUT2D eigenvalue weighted by molar-refractivity contribution is -0.123. The average Bonchev–Trinajstić information content (AvgIpc) is 3.28. The van der Waals surface area contributed by atoms with Crippen LogP contribution in [0.25, 0.3) is 0 Å². The topological polar surface area (TPSA) is 69.6 Å². The Morgan fingerprint density at radius 2 is 0.677 bits per heavy atom. The first-order chi connectivity index (χ1) is 30.7. The molecule has 0 heterocycles. The number of aliphatic hydroxyl groups excluding tert-OH is 2. The van der Waals surface area contributed by atoms with E-state index >= 15 is 0 Å². The van der Waals surface area contributed by atoms with Gasteiger partial charge in [0.25, 0.3) is 0 Å². The number of hydrogen-bond acceptors (Lipinski definition) is 3. The Morgan fingerprint density at radius 3 is 1.03 bits per heavy atom. The zero-order chi connectivity index (χ0) is 44.9. The van der Waals surface area contributed by atoms with Crippen LogP contribution in [0.5, 0.6) is 0 Å². The Labute approximate surface area is 388 Å². The van der Waals surface area contributed by atoms with E-state index in [0.717, 1.165) is 38.5 Å². The van der Waals surface area contributed by atoms with Crippen molar-refractivity contribution in [1.29, 1.82) is 0 Å². The molecule has 0 saturated heterocycles. The summed E-state index contributed by atoms with van der Waals surface area (Å²) in [6.07, 6.45) is 74.1. The summed E-state index contributed by atoms with van der Waals surface area (Å²) in [7, 11) is 0. The van der Waals surface area contributed by atoms with E-state index in [2.05, 4.69) is 55.6 Å². The van der Waals surface area contributed by atoms with E-state index in [4.69, 9.17) is 0 Å². The zero-order valence-electron chi connectivity index (χ0n) is 41.9. The SMILES string of the molecule is CCCCCCCCCCC/C=C\C/C=C\CCCCCCCCCCCC(=O)NC(CO)C(O)/C=C/CC/C=C/CCCCCCCCCCCCCCCCCCCCC. The number of aliphatic hydroxyl groups is 2. The molecule has 0 bridgehead atoms. The van der Waals surface area contributed by atoms with E-state index in [1.54, 1.807) is 6.08 Å². The van der Waals surface area contributed by atoms with Gasteiger partial charge in [0.15, 0.2) is 0 Å². The maximum atomic E-state index is 12.5. The molecule has 0 spiro atoms. The summed E-state index contributed by atoms with van der Waals surface area (Å²) in [6, 6.07) is -0.643. The van der Waals surface area contributed by atoms with Crippen LogP contribution in [0.1, 0.15) is 296 Å². The minimum Gasteiger partial charge on any atom is -0.394 e. The molecule has 0 aromatic rings.